The van der Waals surface area contributed by atoms with Crippen molar-refractivity contribution >= 4 is 5.91 Å². The van der Waals surface area contributed by atoms with Gasteiger partial charge in [0.25, 0.3) is 5.91 Å². The van der Waals surface area contributed by atoms with Gasteiger partial charge in [0.1, 0.15) is 5.76 Å². The number of likely N-dealkylation sites (tertiary alicyclic amines) is 1. The predicted molar refractivity (Wildman–Crippen MR) is 97.5 cm³/mol. The van der Waals surface area contributed by atoms with Gasteiger partial charge in [-0.05, 0) is 25.3 Å². The Morgan fingerprint density at radius 2 is 2.08 bits per heavy atom. The van der Waals surface area contributed by atoms with Crippen LogP contribution in [0.1, 0.15) is 60.0 Å². The summed E-state index contributed by atoms with van der Waals surface area (Å²) in [6.45, 7) is 9.13. The van der Waals surface area contributed by atoms with E-state index >= 15 is 0 Å². The van der Waals surface area contributed by atoms with Gasteiger partial charge in [0, 0.05) is 37.7 Å². The number of nitrogens with zero attached hydrogens (tertiary/aromatic N) is 2. The molecule has 5 heteroatoms. The molecule has 1 aromatic heterocycles. The highest BCUT2D eigenvalue weighted by Gasteiger charge is 2.23. The molecule has 1 amide bonds. The van der Waals surface area contributed by atoms with E-state index in [1.807, 2.05) is 13.8 Å². The molecule has 3 rings (SSSR count). The van der Waals surface area contributed by atoms with Crippen LogP contribution < -0.4 is 5.32 Å². The smallest absolute Gasteiger partial charge is 0.273 e. The van der Waals surface area contributed by atoms with Crippen LogP contribution in [-0.4, -0.2) is 35.1 Å². The van der Waals surface area contributed by atoms with Crippen molar-refractivity contribution in [3.8, 4) is 0 Å². The number of hydrogen-bond acceptors (Lipinski definition) is 4. The molecule has 1 aromatic carbocycles. The molecule has 1 saturated heterocycles. The maximum absolute atomic E-state index is 12.3. The average molecular weight is 341 g/mol. The molecule has 1 N–H and O–H groups in total. The van der Waals surface area contributed by atoms with E-state index in [2.05, 4.69) is 46.6 Å². The molecular formula is C20H27N3O2. The first-order valence-electron chi connectivity index (χ1n) is 9.06. The molecule has 0 atom stereocenters. The average Bonchev–Trinajstić information content (AvgIpc) is 3.07. The molecule has 1 fully saturated rings. The lowest BCUT2D eigenvalue weighted by molar-refractivity contribution is 0.0899. The summed E-state index contributed by atoms with van der Waals surface area (Å²) in [6.07, 6.45) is 1.93. The quantitative estimate of drug-likeness (QED) is 0.904. The number of rotatable bonds is 5. The van der Waals surface area contributed by atoms with E-state index in [4.69, 9.17) is 4.52 Å². The Hall–Kier alpha value is -2.14. The molecule has 0 spiro atoms. The third kappa shape index (κ3) is 4.69. The Balaban J connectivity index is 1.48. The van der Waals surface area contributed by atoms with Gasteiger partial charge in [-0.25, -0.2) is 0 Å². The van der Waals surface area contributed by atoms with E-state index < -0.39 is 0 Å². The molecule has 0 bridgehead atoms. The largest absolute Gasteiger partial charge is 0.360 e. The zero-order chi connectivity index (χ0) is 17.8. The van der Waals surface area contributed by atoms with Crippen LogP contribution in [0.4, 0.5) is 0 Å². The number of aromatic nitrogens is 1. The summed E-state index contributed by atoms with van der Waals surface area (Å²) in [6, 6.07) is 10.6. The molecule has 134 valence electrons. The van der Waals surface area contributed by atoms with Crippen LogP contribution in [0.3, 0.4) is 0 Å². The summed E-state index contributed by atoms with van der Waals surface area (Å²) >= 11 is 0. The van der Waals surface area contributed by atoms with Crippen LogP contribution in [0, 0.1) is 6.92 Å². The van der Waals surface area contributed by atoms with Gasteiger partial charge < -0.3 is 9.84 Å². The van der Waals surface area contributed by atoms with Gasteiger partial charge in [-0.3, -0.25) is 9.69 Å². The summed E-state index contributed by atoms with van der Waals surface area (Å²) in [5, 5.41) is 6.98. The fourth-order valence-electron chi connectivity index (χ4n) is 3.23. The van der Waals surface area contributed by atoms with Crippen molar-refractivity contribution in [2.24, 2.45) is 0 Å². The second-order valence-corrected chi connectivity index (χ2v) is 7.28. The minimum atomic E-state index is -0.132. The van der Waals surface area contributed by atoms with Crippen molar-refractivity contribution in [1.82, 2.24) is 15.4 Å². The Labute approximate surface area is 149 Å². The summed E-state index contributed by atoms with van der Waals surface area (Å²) in [4.78, 5) is 14.8. The first-order valence-corrected chi connectivity index (χ1v) is 9.06. The van der Waals surface area contributed by atoms with Gasteiger partial charge in [-0.1, -0.05) is 48.8 Å². The first-order chi connectivity index (χ1) is 12.0. The Morgan fingerprint density at radius 1 is 1.32 bits per heavy atom. The molecule has 2 aromatic rings. The minimum Gasteiger partial charge on any atom is -0.360 e. The summed E-state index contributed by atoms with van der Waals surface area (Å²) < 4.78 is 5.21. The van der Waals surface area contributed by atoms with Crippen molar-refractivity contribution in [3.63, 3.8) is 0 Å². The number of carbonyl (C=O) groups excluding carboxylic acids is 1. The zero-order valence-electron chi connectivity index (χ0n) is 15.3. The van der Waals surface area contributed by atoms with Crippen molar-refractivity contribution in [2.75, 3.05) is 13.1 Å². The van der Waals surface area contributed by atoms with E-state index in [0.29, 0.717) is 5.69 Å². The highest BCUT2D eigenvalue weighted by Crippen LogP contribution is 2.17. The van der Waals surface area contributed by atoms with E-state index in [0.717, 1.165) is 38.2 Å². The van der Waals surface area contributed by atoms with Crippen LogP contribution in [-0.2, 0) is 6.54 Å². The van der Waals surface area contributed by atoms with Crippen molar-refractivity contribution in [3.05, 3.63) is 52.9 Å². The number of hydrogen-bond donors (Lipinski definition) is 1. The number of benzene rings is 1. The molecule has 0 aliphatic carbocycles. The van der Waals surface area contributed by atoms with Crippen LogP contribution in [0.5, 0.6) is 0 Å². The lowest BCUT2D eigenvalue weighted by atomic mass is 10.0. The van der Waals surface area contributed by atoms with E-state index in [-0.39, 0.29) is 17.9 Å². The molecule has 25 heavy (non-hydrogen) atoms. The first kappa shape index (κ1) is 17.7. The topological polar surface area (TPSA) is 58.4 Å². The second-order valence-electron chi connectivity index (χ2n) is 7.28. The number of carbonyl (C=O) groups is 1. The number of aryl methyl sites for hydroxylation is 1. The molecule has 5 nitrogen and oxygen atoms in total. The Kier molecular flexibility index (Phi) is 5.53. The summed E-state index contributed by atoms with van der Waals surface area (Å²) in [7, 11) is 0. The van der Waals surface area contributed by atoms with Gasteiger partial charge >= 0.3 is 0 Å². The van der Waals surface area contributed by atoms with Crippen molar-refractivity contribution in [1.29, 1.82) is 0 Å². The van der Waals surface area contributed by atoms with Crippen LogP contribution in [0.25, 0.3) is 0 Å². The lowest BCUT2D eigenvalue weighted by Crippen LogP contribution is -2.44. The van der Waals surface area contributed by atoms with Crippen LogP contribution >= 0.6 is 0 Å². The molecule has 0 unspecified atom stereocenters. The summed E-state index contributed by atoms with van der Waals surface area (Å²) in [5.74, 6) is 0.852. The fourth-order valence-corrected chi connectivity index (χ4v) is 3.23. The number of nitrogens with one attached hydrogen (secondary N) is 1. The molecule has 2 heterocycles. The number of piperidine rings is 1. The normalized spacial score (nSPS) is 16.3. The van der Waals surface area contributed by atoms with Crippen LogP contribution in [0.15, 0.2) is 34.9 Å². The second kappa shape index (κ2) is 7.83. The molecule has 1 aliphatic rings. The molecule has 0 saturated carbocycles. The fraction of sp³-hybridized carbons (Fsp3) is 0.500. The third-order valence-electron chi connectivity index (χ3n) is 4.74. The zero-order valence-corrected chi connectivity index (χ0v) is 15.3. The van der Waals surface area contributed by atoms with Gasteiger partial charge in [0.15, 0.2) is 5.69 Å². The maximum Gasteiger partial charge on any atom is 0.273 e. The standard InChI is InChI=1S/C20H27N3O2/c1-14(2)19-12-18(22-25-19)20(24)21-17-7-9-23(10-8-17)13-16-6-4-5-15(3)11-16/h4-6,11-12,14,17H,7-10,13H2,1-3H3,(H,21,24). The maximum atomic E-state index is 12.3. The molecular weight excluding hydrogens is 314 g/mol. The number of amides is 1. The van der Waals surface area contributed by atoms with Crippen LogP contribution in [0.2, 0.25) is 0 Å². The molecule has 1 aliphatic heterocycles. The summed E-state index contributed by atoms with van der Waals surface area (Å²) in [5.41, 5.74) is 3.03. The highest BCUT2D eigenvalue weighted by atomic mass is 16.5. The van der Waals surface area contributed by atoms with E-state index in [9.17, 15) is 4.79 Å². The van der Waals surface area contributed by atoms with Gasteiger partial charge in [-0.15, -0.1) is 0 Å². The highest BCUT2D eigenvalue weighted by molar-refractivity contribution is 5.92. The lowest BCUT2D eigenvalue weighted by Gasteiger charge is -2.32. The Bertz CT molecular complexity index is 715. The third-order valence-corrected chi connectivity index (χ3v) is 4.74. The van der Waals surface area contributed by atoms with Gasteiger partial charge in [-0.2, -0.15) is 0 Å². The van der Waals surface area contributed by atoms with Gasteiger partial charge in [0.2, 0.25) is 0 Å². The predicted octanol–water partition coefficient (Wildman–Crippen LogP) is 3.50. The molecule has 0 radical (unpaired) electrons. The SMILES string of the molecule is Cc1cccc(CN2CCC(NC(=O)c3cc(C(C)C)on3)CC2)c1. The van der Waals surface area contributed by atoms with Gasteiger partial charge in [0.05, 0.1) is 0 Å². The van der Waals surface area contributed by atoms with E-state index in [1.165, 1.54) is 11.1 Å². The minimum absolute atomic E-state index is 0.132. The van der Waals surface area contributed by atoms with E-state index in [1.54, 1.807) is 6.07 Å². The monoisotopic (exact) mass is 341 g/mol. The van der Waals surface area contributed by atoms with Crippen molar-refractivity contribution in [2.45, 2.75) is 52.1 Å². The Morgan fingerprint density at radius 3 is 2.72 bits per heavy atom. The van der Waals surface area contributed by atoms with Crippen molar-refractivity contribution < 1.29 is 9.32 Å².